The van der Waals surface area contributed by atoms with Crippen molar-refractivity contribution in [2.45, 2.75) is 39.5 Å². The summed E-state index contributed by atoms with van der Waals surface area (Å²) in [5.74, 6) is 1.35. The third-order valence-corrected chi connectivity index (χ3v) is 8.03. The smallest absolute Gasteiger partial charge is 0.257 e. The van der Waals surface area contributed by atoms with Gasteiger partial charge in [-0.25, -0.2) is 4.68 Å². The topological polar surface area (TPSA) is 58.4 Å². The van der Waals surface area contributed by atoms with Crippen LogP contribution in [0.3, 0.4) is 0 Å². The SMILES string of the molecule is CC1CCN(C(=O)C(C)C2CCN(C(=O)c3cn(-c4ccccc4)nc3-c3ccccc3)CC2)CC1. The van der Waals surface area contributed by atoms with Gasteiger partial charge >= 0.3 is 0 Å². The lowest BCUT2D eigenvalue weighted by Gasteiger charge is -2.38. The van der Waals surface area contributed by atoms with Crippen LogP contribution in [0.25, 0.3) is 16.9 Å². The molecule has 2 aliphatic heterocycles. The fraction of sp³-hybridized carbons (Fsp3) is 0.433. The normalized spacial score (nSPS) is 18.3. The van der Waals surface area contributed by atoms with Gasteiger partial charge in [0, 0.05) is 43.9 Å². The lowest BCUT2D eigenvalue weighted by molar-refractivity contribution is -0.138. The molecule has 5 rings (SSSR count). The number of amides is 2. The molecule has 3 heterocycles. The maximum atomic E-state index is 13.7. The van der Waals surface area contributed by atoms with Gasteiger partial charge in [0.25, 0.3) is 5.91 Å². The van der Waals surface area contributed by atoms with Crippen LogP contribution in [0.1, 0.15) is 49.9 Å². The molecule has 2 saturated heterocycles. The molecule has 0 saturated carbocycles. The van der Waals surface area contributed by atoms with Crippen LogP contribution in [0.2, 0.25) is 0 Å². The zero-order valence-electron chi connectivity index (χ0n) is 21.3. The summed E-state index contributed by atoms with van der Waals surface area (Å²) in [6.45, 7) is 7.46. The summed E-state index contributed by atoms with van der Waals surface area (Å²) in [5, 5.41) is 4.81. The molecular weight excluding hydrogens is 448 g/mol. The zero-order valence-corrected chi connectivity index (χ0v) is 21.3. The van der Waals surface area contributed by atoms with E-state index in [0.29, 0.717) is 42.1 Å². The molecule has 36 heavy (non-hydrogen) atoms. The maximum Gasteiger partial charge on any atom is 0.257 e. The van der Waals surface area contributed by atoms with E-state index in [1.807, 2.05) is 71.8 Å². The first-order chi connectivity index (χ1) is 17.5. The van der Waals surface area contributed by atoms with Gasteiger partial charge in [0.05, 0.1) is 11.3 Å². The highest BCUT2D eigenvalue weighted by Crippen LogP contribution is 2.30. The fourth-order valence-corrected chi connectivity index (χ4v) is 5.54. The van der Waals surface area contributed by atoms with Crippen molar-refractivity contribution >= 4 is 11.8 Å². The van der Waals surface area contributed by atoms with Crippen molar-refractivity contribution in [1.29, 1.82) is 0 Å². The Morgan fingerprint density at radius 3 is 2.06 bits per heavy atom. The van der Waals surface area contributed by atoms with E-state index < -0.39 is 0 Å². The molecule has 2 fully saturated rings. The molecule has 0 spiro atoms. The first kappa shape index (κ1) is 24.3. The average Bonchev–Trinajstić information content (AvgIpc) is 3.39. The molecule has 1 aromatic heterocycles. The van der Waals surface area contributed by atoms with Crippen molar-refractivity contribution in [3.63, 3.8) is 0 Å². The van der Waals surface area contributed by atoms with Gasteiger partial charge in [-0.3, -0.25) is 9.59 Å². The fourth-order valence-electron chi connectivity index (χ4n) is 5.54. The summed E-state index contributed by atoms with van der Waals surface area (Å²) in [6.07, 6.45) is 5.78. The Morgan fingerprint density at radius 1 is 0.833 bits per heavy atom. The summed E-state index contributed by atoms with van der Waals surface area (Å²) in [6, 6.07) is 19.8. The van der Waals surface area contributed by atoms with E-state index >= 15 is 0 Å². The van der Waals surface area contributed by atoms with Gasteiger partial charge in [-0.1, -0.05) is 62.4 Å². The van der Waals surface area contributed by atoms with E-state index in [9.17, 15) is 9.59 Å². The summed E-state index contributed by atoms with van der Waals surface area (Å²) in [7, 11) is 0. The molecule has 6 nitrogen and oxygen atoms in total. The van der Waals surface area contributed by atoms with Gasteiger partial charge in [-0.15, -0.1) is 0 Å². The van der Waals surface area contributed by atoms with Crippen molar-refractivity contribution in [1.82, 2.24) is 19.6 Å². The lowest BCUT2D eigenvalue weighted by Crippen LogP contribution is -2.45. The lowest BCUT2D eigenvalue weighted by atomic mass is 9.84. The van der Waals surface area contributed by atoms with E-state index in [-0.39, 0.29) is 11.8 Å². The molecule has 0 N–H and O–H groups in total. The quantitative estimate of drug-likeness (QED) is 0.495. The Labute approximate surface area is 213 Å². The molecule has 2 aromatic carbocycles. The second-order valence-corrected chi connectivity index (χ2v) is 10.5. The number of rotatable bonds is 5. The Hall–Kier alpha value is -3.41. The first-order valence-electron chi connectivity index (χ1n) is 13.3. The van der Waals surface area contributed by atoms with Crippen LogP contribution in [0.5, 0.6) is 0 Å². The molecule has 3 aromatic rings. The number of likely N-dealkylation sites (tertiary alicyclic amines) is 2. The minimum absolute atomic E-state index is 0.0105. The molecule has 2 aliphatic rings. The van der Waals surface area contributed by atoms with Crippen LogP contribution in [0.4, 0.5) is 0 Å². The second-order valence-electron chi connectivity index (χ2n) is 10.5. The maximum absolute atomic E-state index is 13.7. The monoisotopic (exact) mass is 484 g/mol. The number of carbonyl (C=O) groups is 2. The van der Waals surface area contributed by atoms with Gasteiger partial charge in [-0.05, 0) is 49.7 Å². The van der Waals surface area contributed by atoms with Crippen LogP contribution in [0.15, 0.2) is 66.9 Å². The van der Waals surface area contributed by atoms with Crippen molar-refractivity contribution in [3.05, 3.63) is 72.4 Å². The van der Waals surface area contributed by atoms with E-state index in [1.54, 1.807) is 4.68 Å². The van der Waals surface area contributed by atoms with Gasteiger partial charge in [0.2, 0.25) is 5.91 Å². The number of hydrogen-bond donors (Lipinski definition) is 0. The number of nitrogens with zero attached hydrogens (tertiary/aromatic N) is 4. The highest BCUT2D eigenvalue weighted by Gasteiger charge is 2.34. The van der Waals surface area contributed by atoms with Gasteiger partial charge in [0.15, 0.2) is 0 Å². The third-order valence-electron chi connectivity index (χ3n) is 8.03. The van der Waals surface area contributed by atoms with Gasteiger partial charge in [0.1, 0.15) is 5.69 Å². The predicted octanol–water partition coefficient (Wildman–Crippen LogP) is 5.29. The van der Waals surface area contributed by atoms with Crippen molar-refractivity contribution < 1.29 is 9.59 Å². The Balaban J connectivity index is 1.29. The van der Waals surface area contributed by atoms with Crippen LogP contribution < -0.4 is 0 Å². The Morgan fingerprint density at radius 2 is 1.42 bits per heavy atom. The van der Waals surface area contributed by atoms with E-state index in [0.717, 1.165) is 50.0 Å². The molecule has 1 atom stereocenters. The van der Waals surface area contributed by atoms with Crippen LogP contribution in [-0.2, 0) is 4.79 Å². The number of para-hydroxylation sites is 1. The van der Waals surface area contributed by atoms with Crippen LogP contribution in [0, 0.1) is 17.8 Å². The Bertz CT molecular complexity index is 1170. The summed E-state index contributed by atoms with van der Waals surface area (Å²) in [5.41, 5.74) is 3.18. The average molecular weight is 485 g/mol. The highest BCUT2D eigenvalue weighted by atomic mass is 16.2. The predicted molar refractivity (Wildman–Crippen MR) is 142 cm³/mol. The zero-order chi connectivity index (χ0) is 25.1. The number of carbonyl (C=O) groups excluding carboxylic acids is 2. The van der Waals surface area contributed by atoms with Crippen molar-refractivity contribution in [2.24, 2.45) is 17.8 Å². The largest absolute Gasteiger partial charge is 0.342 e. The molecule has 0 aliphatic carbocycles. The molecule has 1 unspecified atom stereocenters. The molecule has 188 valence electrons. The molecule has 0 radical (unpaired) electrons. The number of hydrogen-bond acceptors (Lipinski definition) is 3. The third kappa shape index (κ3) is 5.08. The van der Waals surface area contributed by atoms with Gasteiger partial charge < -0.3 is 9.80 Å². The van der Waals surface area contributed by atoms with E-state index in [4.69, 9.17) is 5.10 Å². The van der Waals surface area contributed by atoms with E-state index in [1.165, 1.54) is 0 Å². The summed E-state index contributed by atoms with van der Waals surface area (Å²) in [4.78, 5) is 30.8. The van der Waals surface area contributed by atoms with Crippen molar-refractivity contribution in [3.8, 4) is 16.9 Å². The standard InChI is InChI=1S/C30H36N4O2/c1-22-13-17-32(18-14-22)29(35)23(2)24-15-19-33(20-16-24)30(36)27-21-34(26-11-7-4-8-12-26)31-28(27)25-9-5-3-6-10-25/h3-12,21-24H,13-20H2,1-2H3. The number of benzene rings is 2. The Kier molecular flexibility index (Phi) is 7.21. The summed E-state index contributed by atoms with van der Waals surface area (Å²) < 4.78 is 1.79. The first-order valence-corrected chi connectivity index (χ1v) is 13.3. The number of aromatic nitrogens is 2. The molecule has 2 amide bonds. The molecular formula is C30H36N4O2. The molecule has 0 bridgehead atoms. The number of piperidine rings is 2. The molecule has 6 heteroatoms. The van der Waals surface area contributed by atoms with Crippen molar-refractivity contribution in [2.75, 3.05) is 26.2 Å². The van der Waals surface area contributed by atoms with Crippen LogP contribution in [-0.4, -0.2) is 57.6 Å². The van der Waals surface area contributed by atoms with Crippen LogP contribution >= 0.6 is 0 Å². The highest BCUT2D eigenvalue weighted by molar-refractivity contribution is 6.00. The van der Waals surface area contributed by atoms with Gasteiger partial charge in [-0.2, -0.15) is 5.10 Å². The minimum Gasteiger partial charge on any atom is -0.342 e. The summed E-state index contributed by atoms with van der Waals surface area (Å²) >= 11 is 0. The minimum atomic E-state index is 0.0105. The second kappa shape index (κ2) is 10.7. The van der Waals surface area contributed by atoms with E-state index in [2.05, 4.69) is 18.7 Å².